The van der Waals surface area contributed by atoms with Gasteiger partial charge in [0.25, 0.3) is 0 Å². The molecular formula is C16H26N2S. The second-order valence-electron chi connectivity index (χ2n) is 5.43. The third-order valence-corrected chi connectivity index (χ3v) is 4.96. The zero-order valence-electron chi connectivity index (χ0n) is 12.1. The van der Waals surface area contributed by atoms with Gasteiger partial charge in [0.2, 0.25) is 0 Å². The van der Waals surface area contributed by atoms with Gasteiger partial charge in [-0.15, -0.1) is 0 Å². The number of thioether (sulfide) groups is 1. The van der Waals surface area contributed by atoms with Gasteiger partial charge in [0.15, 0.2) is 0 Å². The molecule has 0 saturated carbocycles. The minimum atomic E-state index is 0.227. The van der Waals surface area contributed by atoms with Crippen LogP contribution in [-0.4, -0.2) is 35.5 Å². The average molecular weight is 278 g/mol. The Morgan fingerprint density at radius 3 is 2.89 bits per heavy atom. The Hall–Kier alpha value is -0.510. The predicted molar refractivity (Wildman–Crippen MR) is 85.7 cm³/mol. The molecule has 106 valence electrons. The van der Waals surface area contributed by atoms with Gasteiger partial charge in [0.1, 0.15) is 0 Å². The van der Waals surface area contributed by atoms with Crippen molar-refractivity contribution in [3.8, 4) is 0 Å². The van der Waals surface area contributed by atoms with Crippen LogP contribution in [0.25, 0.3) is 0 Å². The van der Waals surface area contributed by atoms with Crippen LogP contribution in [0.1, 0.15) is 36.9 Å². The van der Waals surface area contributed by atoms with Crippen molar-refractivity contribution in [2.75, 3.05) is 24.6 Å². The number of aryl methyl sites for hydroxylation is 1. The summed E-state index contributed by atoms with van der Waals surface area (Å²) < 4.78 is 0. The van der Waals surface area contributed by atoms with E-state index in [0.29, 0.717) is 6.04 Å². The van der Waals surface area contributed by atoms with Crippen LogP contribution in [0, 0.1) is 6.92 Å². The number of hydrogen-bond donors (Lipinski definition) is 1. The minimum Gasteiger partial charge on any atom is -0.326 e. The Bertz CT molecular complexity index is 386. The molecule has 1 aliphatic rings. The summed E-state index contributed by atoms with van der Waals surface area (Å²) >= 11 is 2.07. The summed E-state index contributed by atoms with van der Waals surface area (Å²) in [6.07, 6.45) is 2.31. The van der Waals surface area contributed by atoms with E-state index in [1.165, 1.54) is 35.6 Å². The molecule has 2 N–H and O–H groups in total. The second kappa shape index (κ2) is 7.32. The highest BCUT2D eigenvalue weighted by Crippen LogP contribution is 2.28. The SMILES string of the molecule is CCC(N)C(c1cccc(C)c1)N1CCCSCC1. The lowest BCUT2D eigenvalue weighted by atomic mass is 9.95. The van der Waals surface area contributed by atoms with Gasteiger partial charge in [0, 0.05) is 24.4 Å². The van der Waals surface area contributed by atoms with E-state index in [9.17, 15) is 0 Å². The van der Waals surface area contributed by atoms with E-state index < -0.39 is 0 Å². The summed E-state index contributed by atoms with van der Waals surface area (Å²) in [6.45, 7) is 6.70. The fourth-order valence-electron chi connectivity index (χ4n) is 2.85. The molecule has 1 aromatic carbocycles. The standard InChI is InChI=1S/C16H26N2S/c1-3-15(17)16(14-7-4-6-13(2)12-14)18-8-5-10-19-11-9-18/h4,6-7,12,15-16H,3,5,8-11,17H2,1-2H3. The van der Waals surface area contributed by atoms with Crippen molar-refractivity contribution >= 4 is 11.8 Å². The van der Waals surface area contributed by atoms with Crippen molar-refractivity contribution in [1.29, 1.82) is 0 Å². The van der Waals surface area contributed by atoms with Crippen LogP contribution in [0.5, 0.6) is 0 Å². The molecule has 0 radical (unpaired) electrons. The fourth-order valence-corrected chi connectivity index (χ4v) is 3.75. The lowest BCUT2D eigenvalue weighted by Crippen LogP contribution is -2.42. The van der Waals surface area contributed by atoms with Crippen LogP contribution in [0.3, 0.4) is 0 Å². The molecule has 1 aromatic rings. The van der Waals surface area contributed by atoms with Gasteiger partial charge in [-0.3, -0.25) is 4.90 Å². The van der Waals surface area contributed by atoms with Gasteiger partial charge in [0.05, 0.1) is 0 Å². The summed E-state index contributed by atoms with van der Waals surface area (Å²) in [5.41, 5.74) is 9.15. The molecule has 2 rings (SSSR count). The molecule has 2 atom stereocenters. The van der Waals surface area contributed by atoms with Crippen LogP contribution in [-0.2, 0) is 0 Å². The monoisotopic (exact) mass is 278 g/mol. The molecule has 1 fully saturated rings. The molecule has 2 unspecified atom stereocenters. The summed E-state index contributed by atoms with van der Waals surface area (Å²) in [7, 11) is 0. The molecule has 0 aliphatic carbocycles. The number of benzene rings is 1. The van der Waals surface area contributed by atoms with E-state index in [0.717, 1.165) is 13.0 Å². The Kier molecular flexibility index (Phi) is 5.74. The molecule has 3 heteroatoms. The van der Waals surface area contributed by atoms with Crippen molar-refractivity contribution in [2.45, 2.75) is 38.8 Å². The quantitative estimate of drug-likeness (QED) is 0.917. The zero-order valence-corrected chi connectivity index (χ0v) is 13.0. The zero-order chi connectivity index (χ0) is 13.7. The van der Waals surface area contributed by atoms with E-state index in [2.05, 4.69) is 54.8 Å². The third-order valence-electron chi connectivity index (χ3n) is 3.91. The molecule has 1 saturated heterocycles. The number of rotatable bonds is 4. The largest absolute Gasteiger partial charge is 0.326 e. The Morgan fingerprint density at radius 2 is 2.16 bits per heavy atom. The number of hydrogen-bond acceptors (Lipinski definition) is 3. The molecule has 19 heavy (non-hydrogen) atoms. The Labute approximate surface area is 121 Å². The molecular weight excluding hydrogens is 252 g/mol. The molecule has 2 nitrogen and oxygen atoms in total. The maximum Gasteiger partial charge on any atom is 0.0499 e. The summed E-state index contributed by atoms with van der Waals surface area (Å²) in [4.78, 5) is 2.60. The predicted octanol–water partition coefficient (Wildman–Crippen LogP) is 3.21. The van der Waals surface area contributed by atoms with E-state index in [4.69, 9.17) is 5.73 Å². The first-order chi connectivity index (χ1) is 9.22. The van der Waals surface area contributed by atoms with Gasteiger partial charge < -0.3 is 5.73 Å². The van der Waals surface area contributed by atoms with Crippen LogP contribution >= 0.6 is 11.8 Å². The second-order valence-corrected chi connectivity index (χ2v) is 6.66. The van der Waals surface area contributed by atoms with Crippen molar-refractivity contribution in [2.24, 2.45) is 5.73 Å². The summed E-state index contributed by atoms with van der Waals surface area (Å²) in [6, 6.07) is 9.47. The molecule has 0 spiro atoms. The Balaban J connectivity index is 2.24. The molecule has 1 aliphatic heterocycles. The first-order valence-electron chi connectivity index (χ1n) is 7.36. The average Bonchev–Trinajstić information content (AvgIpc) is 2.68. The Morgan fingerprint density at radius 1 is 1.32 bits per heavy atom. The number of nitrogens with zero attached hydrogens (tertiary/aromatic N) is 1. The molecule has 0 aromatic heterocycles. The number of nitrogens with two attached hydrogens (primary N) is 1. The van der Waals surface area contributed by atoms with Crippen molar-refractivity contribution in [3.63, 3.8) is 0 Å². The van der Waals surface area contributed by atoms with E-state index in [1.807, 2.05) is 0 Å². The summed E-state index contributed by atoms with van der Waals surface area (Å²) in [5, 5.41) is 0. The fraction of sp³-hybridized carbons (Fsp3) is 0.625. The maximum absolute atomic E-state index is 6.43. The maximum atomic E-state index is 6.43. The van der Waals surface area contributed by atoms with E-state index in [1.54, 1.807) is 0 Å². The topological polar surface area (TPSA) is 29.3 Å². The molecule has 1 heterocycles. The van der Waals surface area contributed by atoms with Crippen LogP contribution in [0.2, 0.25) is 0 Å². The lowest BCUT2D eigenvalue weighted by molar-refractivity contribution is 0.182. The highest BCUT2D eigenvalue weighted by atomic mass is 32.2. The lowest BCUT2D eigenvalue weighted by Gasteiger charge is -2.35. The highest BCUT2D eigenvalue weighted by molar-refractivity contribution is 7.99. The van der Waals surface area contributed by atoms with Crippen LogP contribution in [0.15, 0.2) is 24.3 Å². The van der Waals surface area contributed by atoms with E-state index in [-0.39, 0.29) is 6.04 Å². The normalized spacial score (nSPS) is 20.8. The van der Waals surface area contributed by atoms with Gasteiger partial charge in [-0.1, -0.05) is 36.8 Å². The highest BCUT2D eigenvalue weighted by Gasteiger charge is 2.26. The smallest absolute Gasteiger partial charge is 0.0499 e. The van der Waals surface area contributed by atoms with Crippen molar-refractivity contribution in [3.05, 3.63) is 35.4 Å². The van der Waals surface area contributed by atoms with Gasteiger partial charge in [-0.2, -0.15) is 11.8 Å². The van der Waals surface area contributed by atoms with Crippen LogP contribution < -0.4 is 5.73 Å². The first kappa shape index (κ1) is 14.9. The third kappa shape index (κ3) is 3.98. The van der Waals surface area contributed by atoms with Crippen molar-refractivity contribution < 1.29 is 0 Å². The van der Waals surface area contributed by atoms with Gasteiger partial charge >= 0.3 is 0 Å². The van der Waals surface area contributed by atoms with Gasteiger partial charge in [-0.25, -0.2) is 0 Å². The minimum absolute atomic E-state index is 0.227. The van der Waals surface area contributed by atoms with E-state index >= 15 is 0 Å². The summed E-state index contributed by atoms with van der Waals surface area (Å²) in [5.74, 6) is 2.52. The molecule has 0 amide bonds. The van der Waals surface area contributed by atoms with Gasteiger partial charge in [-0.05, 0) is 37.6 Å². The van der Waals surface area contributed by atoms with Crippen LogP contribution in [0.4, 0.5) is 0 Å². The molecule has 0 bridgehead atoms. The van der Waals surface area contributed by atoms with Crippen molar-refractivity contribution in [1.82, 2.24) is 4.90 Å². The first-order valence-corrected chi connectivity index (χ1v) is 8.51.